The highest BCUT2D eigenvalue weighted by Crippen LogP contribution is 2.24. The van der Waals surface area contributed by atoms with Crippen LogP contribution in [0.2, 0.25) is 0 Å². The molecule has 0 saturated carbocycles. The molecule has 1 atom stereocenters. The molecule has 86 valence electrons. The molecule has 4 nitrogen and oxygen atoms in total. The normalized spacial score (nSPS) is 20.2. The molecule has 1 heterocycles. The lowest BCUT2D eigenvalue weighted by atomic mass is 10.1. The monoisotopic (exact) mass is 219 g/mol. The summed E-state index contributed by atoms with van der Waals surface area (Å²) in [7, 11) is 1.82. The number of nitrogens with one attached hydrogen (secondary N) is 1. The zero-order chi connectivity index (χ0) is 11.7. The molecule has 0 spiro atoms. The highest BCUT2D eigenvalue weighted by atomic mass is 16.2. The molecule has 0 bridgehead atoms. The molecule has 1 amide bonds. The van der Waals surface area contributed by atoms with Crippen molar-refractivity contribution in [1.29, 1.82) is 0 Å². The Morgan fingerprint density at radius 3 is 2.88 bits per heavy atom. The number of likely N-dealkylation sites (N-methyl/N-ethyl adjacent to an activating group) is 1. The second-order valence-corrected chi connectivity index (χ2v) is 4.28. The number of para-hydroxylation sites is 1. The maximum Gasteiger partial charge on any atom is 0.244 e. The Hall–Kier alpha value is -1.71. The summed E-state index contributed by atoms with van der Waals surface area (Å²) in [6.45, 7) is 2.77. The van der Waals surface area contributed by atoms with Crippen molar-refractivity contribution in [2.24, 2.45) is 0 Å². The minimum atomic E-state index is -0.130. The summed E-state index contributed by atoms with van der Waals surface area (Å²) in [6, 6.07) is 5.68. The summed E-state index contributed by atoms with van der Waals surface area (Å²) in [6.07, 6.45) is 0.836. The quantitative estimate of drug-likeness (QED) is 0.735. The van der Waals surface area contributed by atoms with Crippen molar-refractivity contribution in [2.45, 2.75) is 19.4 Å². The number of amides is 1. The fraction of sp³-hybridized carbons (Fsp3) is 0.417. The van der Waals surface area contributed by atoms with Gasteiger partial charge >= 0.3 is 0 Å². The van der Waals surface area contributed by atoms with Crippen molar-refractivity contribution >= 4 is 17.3 Å². The summed E-state index contributed by atoms with van der Waals surface area (Å²) in [5.74, 6) is 0.140. The molecule has 1 fully saturated rings. The first-order chi connectivity index (χ1) is 7.59. The van der Waals surface area contributed by atoms with Crippen LogP contribution in [0.1, 0.15) is 12.0 Å². The van der Waals surface area contributed by atoms with Gasteiger partial charge in [-0.05, 0) is 25.0 Å². The smallest absolute Gasteiger partial charge is 0.244 e. The molecule has 4 heteroatoms. The Balaban J connectivity index is 2.16. The number of carbonyl (C=O) groups is 1. The number of nitrogens with two attached hydrogens (primary N) is 1. The van der Waals surface area contributed by atoms with E-state index in [9.17, 15) is 4.79 Å². The Kier molecular flexibility index (Phi) is 2.73. The molecule has 1 saturated heterocycles. The highest BCUT2D eigenvalue weighted by molar-refractivity contribution is 5.87. The number of rotatable bonds is 2. The van der Waals surface area contributed by atoms with Crippen molar-refractivity contribution < 1.29 is 4.79 Å². The largest absolute Gasteiger partial charge is 0.397 e. The average molecular weight is 219 g/mol. The van der Waals surface area contributed by atoms with Gasteiger partial charge in [0, 0.05) is 13.6 Å². The maximum absolute atomic E-state index is 11.7. The van der Waals surface area contributed by atoms with E-state index in [0.717, 1.165) is 29.9 Å². The minimum absolute atomic E-state index is 0.130. The topological polar surface area (TPSA) is 58.4 Å². The number of hydrogen-bond donors (Lipinski definition) is 2. The van der Waals surface area contributed by atoms with Crippen LogP contribution in [-0.2, 0) is 4.79 Å². The minimum Gasteiger partial charge on any atom is -0.397 e. The van der Waals surface area contributed by atoms with Gasteiger partial charge in [0.2, 0.25) is 5.91 Å². The highest BCUT2D eigenvalue weighted by Gasteiger charge is 2.29. The third kappa shape index (κ3) is 1.83. The van der Waals surface area contributed by atoms with Gasteiger partial charge in [-0.3, -0.25) is 4.79 Å². The predicted molar refractivity (Wildman–Crippen MR) is 65.3 cm³/mol. The first kappa shape index (κ1) is 10.8. The lowest BCUT2D eigenvalue weighted by molar-refractivity contribution is -0.127. The van der Waals surface area contributed by atoms with Crippen LogP contribution in [0.25, 0.3) is 0 Å². The van der Waals surface area contributed by atoms with Gasteiger partial charge in [0.25, 0.3) is 0 Å². The molecule has 0 aromatic heterocycles. The number of likely N-dealkylation sites (tertiary alicyclic amines) is 1. The van der Waals surface area contributed by atoms with Crippen molar-refractivity contribution in [2.75, 3.05) is 24.6 Å². The van der Waals surface area contributed by atoms with E-state index in [0.29, 0.717) is 0 Å². The van der Waals surface area contributed by atoms with Crippen LogP contribution in [0, 0.1) is 6.92 Å². The Morgan fingerprint density at radius 1 is 1.50 bits per heavy atom. The lowest BCUT2D eigenvalue weighted by Gasteiger charge is -2.16. The third-order valence-electron chi connectivity index (χ3n) is 3.08. The zero-order valence-electron chi connectivity index (χ0n) is 9.66. The van der Waals surface area contributed by atoms with Crippen molar-refractivity contribution in [3.05, 3.63) is 23.8 Å². The predicted octanol–water partition coefficient (Wildman–Crippen LogP) is 1.22. The van der Waals surface area contributed by atoms with Crippen LogP contribution in [0.3, 0.4) is 0 Å². The number of benzene rings is 1. The van der Waals surface area contributed by atoms with Gasteiger partial charge in [0.15, 0.2) is 0 Å². The van der Waals surface area contributed by atoms with Gasteiger partial charge < -0.3 is 16.0 Å². The van der Waals surface area contributed by atoms with E-state index in [1.165, 1.54) is 0 Å². The van der Waals surface area contributed by atoms with E-state index in [-0.39, 0.29) is 11.9 Å². The lowest BCUT2D eigenvalue weighted by Crippen LogP contribution is -2.31. The van der Waals surface area contributed by atoms with Crippen molar-refractivity contribution in [3.63, 3.8) is 0 Å². The molecule has 1 aromatic rings. The average Bonchev–Trinajstić information content (AvgIpc) is 2.57. The first-order valence-electron chi connectivity index (χ1n) is 5.46. The summed E-state index contributed by atoms with van der Waals surface area (Å²) in [5, 5.41) is 3.21. The number of nitrogen functional groups attached to an aromatic ring is 1. The first-order valence-corrected chi connectivity index (χ1v) is 5.46. The van der Waals surface area contributed by atoms with Crippen LogP contribution in [0.15, 0.2) is 18.2 Å². The van der Waals surface area contributed by atoms with Gasteiger partial charge in [0.05, 0.1) is 11.4 Å². The molecule has 1 unspecified atom stereocenters. The SMILES string of the molecule is Cc1cccc(NC2CCN(C)C2=O)c1N. The van der Waals surface area contributed by atoms with Crippen LogP contribution >= 0.6 is 0 Å². The van der Waals surface area contributed by atoms with E-state index in [1.807, 2.05) is 32.2 Å². The molecule has 16 heavy (non-hydrogen) atoms. The van der Waals surface area contributed by atoms with E-state index in [1.54, 1.807) is 4.90 Å². The van der Waals surface area contributed by atoms with E-state index < -0.39 is 0 Å². The maximum atomic E-state index is 11.7. The molecular weight excluding hydrogens is 202 g/mol. The molecule has 1 aromatic carbocycles. The Bertz CT molecular complexity index is 417. The van der Waals surface area contributed by atoms with Gasteiger partial charge in [0.1, 0.15) is 6.04 Å². The van der Waals surface area contributed by atoms with Crippen molar-refractivity contribution in [3.8, 4) is 0 Å². The van der Waals surface area contributed by atoms with Crippen molar-refractivity contribution in [1.82, 2.24) is 4.90 Å². The summed E-state index contributed by atoms with van der Waals surface area (Å²) in [5.41, 5.74) is 8.57. The van der Waals surface area contributed by atoms with Gasteiger partial charge in [-0.15, -0.1) is 0 Å². The van der Waals surface area contributed by atoms with Gasteiger partial charge in [-0.2, -0.15) is 0 Å². The molecule has 0 aliphatic carbocycles. The number of hydrogen-bond acceptors (Lipinski definition) is 3. The standard InChI is InChI=1S/C12H17N3O/c1-8-4-3-5-9(11(8)13)14-10-6-7-15(2)12(10)16/h3-5,10,14H,6-7,13H2,1-2H3. The fourth-order valence-corrected chi connectivity index (χ4v) is 1.95. The second-order valence-electron chi connectivity index (χ2n) is 4.28. The zero-order valence-corrected chi connectivity index (χ0v) is 9.66. The summed E-state index contributed by atoms with van der Waals surface area (Å²) in [4.78, 5) is 13.5. The van der Waals surface area contributed by atoms with E-state index >= 15 is 0 Å². The van der Waals surface area contributed by atoms with E-state index in [2.05, 4.69) is 5.32 Å². The van der Waals surface area contributed by atoms with Gasteiger partial charge in [-0.1, -0.05) is 12.1 Å². The van der Waals surface area contributed by atoms with Crippen LogP contribution in [-0.4, -0.2) is 30.4 Å². The Morgan fingerprint density at radius 2 is 2.25 bits per heavy atom. The second kappa shape index (κ2) is 4.04. The fourth-order valence-electron chi connectivity index (χ4n) is 1.95. The molecule has 3 N–H and O–H groups in total. The summed E-state index contributed by atoms with van der Waals surface area (Å²) >= 11 is 0. The van der Waals surface area contributed by atoms with E-state index in [4.69, 9.17) is 5.73 Å². The number of anilines is 2. The molecule has 1 aliphatic rings. The van der Waals surface area contributed by atoms with Crippen LogP contribution in [0.4, 0.5) is 11.4 Å². The number of nitrogens with zero attached hydrogens (tertiary/aromatic N) is 1. The molecule has 0 radical (unpaired) electrons. The number of carbonyl (C=O) groups excluding carboxylic acids is 1. The molecule has 2 rings (SSSR count). The third-order valence-corrected chi connectivity index (χ3v) is 3.08. The Labute approximate surface area is 95.4 Å². The summed E-state index contributed by atoms with van der Waals surface area (Å²) < 4.78 is 0. The van der Waals surface area contributed by atoms with Crippen LogP contribution in [0.5, 0.6) is 0 Å². The van der Waals surface area contributed by atoms with Crippen LogP contribution < -0.4 is 11.1 Å². The number of aryl methyl sites for hydroxylation is 1. The molecular formula is C12H17N3O. The molecule has 1 aliphatic heterocycles. The van der Waals surface area contributed by atoms with Gasteiger partial charge in [-0.25, -0.2) is 0 Å².